The molecule has 2 N–H and O–H groups in total. The van der Waals surface area contributed by atoms with Gasteiger partial charge in [0.1, 0.15) is 12.4 Å². The van der Waals surface area contributed by atoms with Gasteiger partial charge in [-0.25, -0.2) is 0 Å². The number of nitrogen functional groups attached to an aromatic ring is 1. The first-order chi connectivity index (χ1) is 8.16. The lowest BCUT2D eigenvalue weighted by molar-refractivity contribution is 0.305. The molecule has 0 amide bonds. The highest BCUT2D eigenvalue weighted by atomic mass is 16.5. The maximum absolute atomic E-state index is 5.95. The fourth-order valence-corrected chi connectivity index (χ4v) is 1.82. The Morgan fingerprint density at radius 3 is 2.53 bits per heavy atom. The fraction of sp³-hybridized carbons (Fsp3) is 0.214. The molecule has 3 nitrogen and oxygen atoms in total. The van der Waals surface area contributed by atoms with Crippen LogP contribution in [0.5, 0.6) is 5.75 Å². The molecular formula is C14H16N2O. The molecule has 0 aliphatic heterocycles. The number of hydrogen-bond donors (Lipinski definition) is 1. The van der Waals surface area contributed by atoms with Crippen LogP contribution in [0.3, 0.4) is 0 Å². The molecule has 0 bridgehead atoms. The van der Waals surface area contributed by atoms with Crippen molar-refractivity contribution < 1.29 is 4.74 Å². The monoisotopic (exact) mass is 228 g/mol. The van der Waals surface area contributed by atoms with Crippen molar-refractivity contribution in [3.05, 3.63) is 53.3 Å². The van der Waals surface area contributed by atoms with Crippen LogP contribution in [0.2, 0.25) is 0 Å². The number of nitrogens with two attached hydrogens (primary N) is 1. The average molecular weight is 228 g/mol. The summed E-state index contributed by atoms with van der Waals surface area (Å²) in [7, 11) is 0. The third-order valence-corrected chi connectivity index (χ3v) is 2.58. The minimum atomic E-state index is 0.511. The minimum Gasteiger partial charge on any atom is -0.486 e. The van der Waals surface area contributed by atoms with E-state index in [2.05, 4.69) is 11.1 Å². The minimum absolute atomic E-state index is 0.511. The van der Waals surface area contributed by atoms with Crippen LogP contribution >= 0.6 is 0 Å². The van der Waals surface area contributed by atoms with Crippen LogP contribution in [0, 0.1) is 13.8 Å². The first kappa shape index (κ1) is 11.5. The lowest BCUT2D eigenvalue weighted by atomic mass is 10.1. The normalized spacial score (nSPS) is 10.2. The number of benzene rings is 1. The number of aromatic nitrogens is 1. The second-order valence-corrected chi connectivity index (χ2v) is 4.14. The van der Waals surface area contributed by atoms with Crippen LogP contribution < -0.4 is 10.5 Å². The molecule has 2 rings (SSSR count). The number of nitrogens with zero attached hydrogens (tertiary/aromatic N) is 1. The van der Waals surface area contributed by atoms with Gasteiger partial charge < -0.3 is 10.5 Å². The molecule has 88 valence electrons. The molecule has 1 heterocycles. The van der Waals surface area contributed by atoms with E-state index in [0.717, 1.165) is 22.4 Å². The summed E-state index contributed by atoms with van der Waals surface area (Å²) in [5.41, 5.74) is 9.94. The Kier molecular flexibility index (Phi) is 3.28. The van der Waals surface area contributed by atoms with Gasteiger partial charge in [-0.2, -0.15) is 0 Å². The number of aryl methyl sites for hydroxylation is 2. The van der Waals surface area contributed by atoms with E-state index in [1.807, 2.05) is 32.0 Å². The first-order valence-electron chi connectivity index (χ1n) is 5.55. The van der Waals surface area contributed by atoms with Crippen LogP contribution in [0.25, 0.3) is 0 Å². The van der Waals surface area contributed by atoms with Crippen LogP contribution in [-0.2, 0) is 6.61 Å². The van der Waals surface area contributed by atoms with Gasteiger partial charge in [-0.15, -0.1) is 0 Å². The molecule has 0 unspecified atom stereocenters. The Bertz CT molecular complexity index is 486. The van der Waals surface area contributed by atoms with E-state index in [4.69, 9.17) is 10.5 Å². The SMILES string of the molecule is Cc1cc(C)c(OCc2ccncc2)c(N)c1. The first-order valence-corrected chi connectivity index (χ1v) is 5.55. The number of ether oxygens (including phenoxy) is 1. The van der Waals surface area contributed by atoms with Gasteiger partial charge in [0.05, 0.1) is 5.69 Å². The standard InChI is InChI=1S/C14H16N2O/c1-10-7-11(2)14(13(15)8-10)17-9-12-3-5-16-6-4-12/h3-8H,9,15H2,1-2H3. The maximum Gasteiger partial charge on any atom is 0.145 e. The third kappa shape index (κ3) is 2.75. The van der Waals surface area contributed by atoms with Crippen molar-refractivity contribution in [3.63, 3.8) is 0 Å². The number of pyridine rings is 1. The molecule has 0 spiro atoms. The van der Waals surface area contributed by atoms with Gasteiger partial charge in [-0.1, -0.05) is 6.07 Å². The molecule has 17 heavy (non-hydrogen) atoms. The van der Waals surface area contributed by atoms with Crippen molar-refractivity contribution in [1.29, 1.82) is 0 Å². The molecule has 0 aliphatic rings. The number of hydrogen-bond acceptors (Lipinski definition) is 3. The Hall–Kier alpha value is -2.03. The topological polar surface area (TPSA) is 48.1 Å². The molecular weight excluding hydrogens is 212 g/mol. The molecule has 3 heteroatoms. The fourth-order valence-electron chi connectivity index (χ4n) is 1.82. The largest absolute Gasteiger partial charge is 0.486 e. The van der Waals surface area contributed by atoms with E-state index in [-0.39, 0.29) is 0 Å². The van der Waals surface area contributed by atoms with E-state index < -0.39 is 0 Å². The summed E-state index contributed by atoms with van der Waals surface area (Å²) in [4.78, 5) is 3.97. The van der Waals surface area contributed by atoms with E-state index >= 15 is 0 Å². The summed E-state index contributed by atoms with van der Waals surface area (Å²) >= 11 is 0. The van der Waals surface area contributed by atoms with Crippen molar-refractivity contribution >= 4 is 5.69 Å². The second-order valence-electron chi connectivity index (χ2n) is 4.14. The van der Waals surface area contributed by atoms with Gasteiger partial charge in [-0.05, 0) is 48.7 Å². The van der Waals surface area contributed by atoms with Crippen LogP contribution in [-0.4, -0.2) is 4.98 Å². The van der Waals surface area contributed by atoms with Crippen LogP contribution in [0.4, 0.5) is 5.69 Å². The number of anilines is 1. The quantitative estimate of drug-likeness (QED) is 0.822. The van der Waals surface area contributed by atoms with E-state index in [1.165, 1.54) is 0 Å². The zero-order valence-electron chi connectivity index (χ0n) is 10.1. The van der Waals surface area contributed by atoms with Gasteiger partial charge in [0.25, 0.3) is 0 Å². The van der Waals surface area contributed by atoms with Gasteiger partial charge in [-0.3, -0.25) is 4.98 Å². The Morgan fingerprint density at radius 2 is 1.88 bits per heavy atom. The smallest absolute Gasteiger partial charge is 0.145 e. The molecule has 0 aliphatic carbocycles. The van der Waals surface area contributed by atoms with Crippen molar-refractivity contribution in [2.75, 3.05) is 5.73 Å². The van der Waals surface area contributed by atoms with E-state index in [1.54, 1.807) is 12.4 Å². The molecule has 1 aromatic heterocycles. The summed E-state index contributed by atoms with van der Waals surface area (Å²) in [5.74, 6) is 0.771. The number of rotatable bonds is 3. The lowest BCUT2D eigenvalue weighted by Crippen LogP contribution is -2.01. The van der Waals surface area contributed by atoms with Crippen molar-refractivity contribution in [1.82, 2.24) is 4.98 Å². The predicted molar refractivity (Wildman–Crippen MR) is 68.9 cm³/mol. The highest BCUT2D eigenvalue weighted by Gasteiger charge is 2.05. The highest BCUT2D eigenvalue weighted by Crippen LogP contribution is 2.28. The van der Waals surface area contributed by atoms with Crippen molar-refractivity contribution in [3.8, 4) is 5.75 Å². The zero-order valence-corrected chi connectivity index (χ0v) is 10.1. The summed E-state index contributed by atoms with van der Waals surface area (Å²) in [6.45, 7) is 4.54. The molecule has 0 saturated carbocycles. The predicted octanol–water partition coefficient (Wildman–Crippen LogP) is 2.86. The summed E-state index contributed by atoms with van der Waals surface area (Å²) in [5, 5.41) is 0. The molecule has 0 fully saturated rings. The highest BCUT2D eigenvalue weighted by molar-refractivity contribution is 5.58. The maximum atomic E-state index is 5.95. The Morgan fingerprint density at radius 1 is 1.18 bits per heavy atom. The van der Waals surface area contributed by atoms with Crippen molar-refractivity contribution in [2.24, 2.45) is 0 Å². The van der Waals surface area contributed by atoms with Gasteiger partial charge in [0, 0.05) is 12.4 Å². The Balaban J connectivity index is 2.15. The molecule has 0 radical (unpaired) electrons. The van der Waals surface area contributed by atoms with Gasteiger partial charge in [0.15, 0.2) is 0 Å². The molecule has 2 aromatic rings. The summed E-state index contributed by atoms with van der Waals surface area (Å²) < 4.78 is 5.76. The zero-order chi connectivity index (χ0) is 12.3. The van der Waals surface area contributed by atoms with Crippen LogP contribution in [0.1, 0.15) is 16.7 Å². The van der Waals surface area contributed by atoms with E-state index in [0.29, 0.717) is 12.3 Å². The molecule has 0 atom stereocenters. The van der Waals surface area contributed by atoms with Gasteiger partial charge >= 0.3 is 0 Å². The lowest BCUT2D eigenvalue weighted by Gasteiger charge is -2.12. The van der Waals surface area contributed by atoms with Crippen LogP contribution in [0.15, 0.2) is 36.7 Å². The second kappa shape index (κ2) is 4.87. The van der Waals surface area contributed by atoms with Gasteiger partial charge in [0.2, 0.25) is 0 Å². The van der Waals surface area contributed by atoms with Crippen molar-refractivity contribution in [2.45, 2.75) is 20.5 Å². The third-order valence-electron chi connectivity index (χ3n) is 2.58. The Labute approximate surface area is 101 Å². The van der Waals surface area contributed by atoms with E-state index in [9.17, 15) is 0 Å². The average Bonchev–Trinajstić information content (AvgIpc) is 2.29. The molecule has 1 aromatic carbocycles. The summed E-state index contributed by atoms with van der Waals surface area (Å²) in [6, 6.07) is 7.85. The molecule has 0 saturated heterocycles. The summed E-state index contributed by atoms with van der Waals surface area (Å²) in [6.07, 6.45) is 3.51.